The molecule has 3 aliphatic rings. The molecule has 0 radical (unpaired) electrons. The van der Waals surface area contributed by atoms with E-state index in [1.54, 1.807) is 0 Å². The minimum atomic E-state index is -0.250. The van der Waals surface area contributed by atoms with E-state index in [1.165, 1.54) is 6.92 Å². The largest absolute Gasteiger partial charge is 0.483 e. The summed E-state index contributed by atoms with van der Waals surface area (Å²) in [4.78, 5) is 42.0. The number of pyridine rings is 1. The van der Waals surface area contributed by atoms with E-state index in [1.807, 2.05) is 12.1 Å². The maximum absolute atomic E-state index is 12.8. The fourth-order valence-electron chi connectivity index (χ4n) is 5.57. The highest BCUT2D eigenvalue weighted by Gasteiger charge is 2.49. The van der Waals surface area contributed by atoms with Gasteiger partial charge in [-0.1, -0.05) is 13.8 Å². The molecule has 0 aromatic carbocycles. The van der Waals surface area contributed by atoms with Crippen molar-refractivity contribution in [2.45, 2.75) is 64.5 Å². The van der Waals surface area contributed by atoms with Crippen LogP contribution in [-0.4, -0.2) is 65.0 Å². The average molecular weight is 456 g/mol. The van der Waals surface area contributed by atoms with Crippen molar-refractivity contribution in [2.75, 3.05) is 24.5 Å². The average Bonchev–Trinajstić information content (AvgIpc) is 2.79. The lowest BCUT2D eigenvalue weighted by Gasteiger charge is -2.56. The number of nitrogens with one attached hydrogen (secondary N) is 1. The second-order valence-electron chi connectivity index (χ2n) is 9.41. The summed E-state index contributed by atoms with van der Waals surface area (Å²) in [6.45, 7) is 7.56. The van der Waals surface area contributed by atoms with Gasteiger partial charge in [0.1, 0.15) is 11.9 Å². The number of carboxylic acid groups (broad SMARTS) is 1. The molecule has 3 aliphatic heterocycles. The molecular formula is C24H33N5O4. The Hall–Kier alpha value is -3.15. The number of hydrogen-bond donors (Lipinski definition) is 2. The van der Waals surface area contributed by atoms with Crippen molar-refractivity contribution >= 4 is 24.1 Å². The zero-order chi connectivity index (χ0) is 24.1. The summed E-state index contributed by atoms with van der Waals surface area (Å²) in [6, 6.07) is 6.35. The van der Waals surface area contributed by atoms with Crippen molar-refractivity contribution in [1.82, 2.24) is 15.2 Å². The highest BCUT2D eigenvalue weighted by Crippen LogP contribution is 2.42. The third kappa shape index (κ3) is 5.27. The number of carbonyl (C=O) groups excluding carboxylic acids is 2. The van der Waals surface area contributed by atoms with Crippen LogP contribution in [0.25, 0.3) is 0 Å². The van der Waals surface area contributed by atoms with Crippen molar-refractivity contribution in [3.05, 3.63) is 23.4 Å². The van der Waals surface area contributed by atoms with Gasteiger partial charge in [0.05, 0.1) is 11.6 Å². The summed E-state index contributed by atoms with van der Waals surface area (Å²) < 4.78 is 0. The molecule has 1 aromatic rings. The van der Waals surface area contributed by atoms with Crippen LogP contribution in [0.3, 0.4) is 0 Å². The summed E-state index contributed by atoms with van der Waals surface area (Å²) in [7, 11) is 0. The highest BCUT2D eigenvalue weighted by atomic mass is 16.3. The van der Waals surface area contributed by atoms with E-state index < -0.39 is 0 Å². The number of rotatable bonds is 4. The normalized spacial score (nSPS) is 26.0. The first-order valence-corrected chi connectivity index (χ1v) is 11.6. The smallest absolute Gasteiger partial charge is 0.290 e. The number of amides is 2. The molecule has 4 rings (SSSR count). The number of carbonyl (C=O) groups is 3. The first-order valence-electron chi connectivity index (χ1n) is 11.6. The van der Waals surface area contributed by atoms with Crippen LogP contribution < -0.4 is 10.2 Å². The van der Waals surface area contributed by atoms with E-state index >= 15 is 0 Å². The molecular weight excluding hydrogens is 422 g/mol. The molecule has 2 amide bonds. The Morgan fingerprint density at radius 3 is 2.70 bits per heavy atom. The zero-order valence-electron chi connectivity index (χ0n) is 19.5. The number of piperidine rings is 3. The Morgan fingerprint density at radius 2 is 2.06 bits per heavy atom. The van der Waals surface area contributed by atoms with Gasteiger partial charge < -0.3 is 20.2 Å². The standard InChI is InChI=1S/C23H31N5O2.CH2O2/c1-14(2)19-8-7-16(10-24)23(26-19)27-12-17-9-18(13-27)21(11-25-15(3)29)28-20(17)5-4-6-22(28)30;2-1-3/h7-8,14,17-18,20-21H,4-6,9,11-13H2,1-3H3,(H,25,29);1H,(H,2,3)/t17-,18+,20+,21+;/m1./s1. The minimum Gasteiger partial charge on any atom is -0.483 e. The number of anilines is 1. The predicted molar refractivity (Wildman–Crippen MR) is 123 cm³/mol. The number of hydrogen-bond acceptors (Lipinski definition) is 6. The molecule has 9 nitrogen and oxygen atoms in total. The molecule has 4 heterocycles. The Kier molecular flexibility index (Phi) is 7.90. The number of nitriles is 1. The third-order valence-corrected chi connectivity index (χ3v) is 6.97. The van der Waals surface area contributed by atoms with Crippen LogP contribution in [0.15, 0.2) is 12.1 Å². The van der Waals surface area contributed by atoms with Gasteiger partial charge in [-0.3, -0.25) is 14.4 Å². The molecule has 2 N–H and O–H groups in total. The van der Waals surface area contributed by atoms with Crippen molar-refractivity contribution < 1.29 is 19.5 Å². The second kappa shape index (κ2) is 10.6. The minimum absolute atomic E-state index is 0.00423. The molecule has 9 heteroatoms. The molecule has 178 valence electrons. The van der Waals surface area contributed by atoms with Gasteiger partial charge in [0, 0.05) is 44.7 Å². The molecule has 3 fully saturated rings. The lowest BCUT2D eigenvalue weighted by molar-refractivity contribution is -0.149. The predicted octanol–water partition coefficient (Wildman–Crippen LogP) is 2.12. The van der Waals surface area contributed by atoms with E-state index in [9.17, 15) is 14.9 Å². The lowest BCUT2D eigenvalue weighted by Crippen LogP contribution is -2.67. The quantitative estimate of drug-likeness (QED) is 0.666. The van der Waals surface area contributed by atoms with Gasteiger partial charge >= 0.3 is 0 Å². The number of nitrogens with zero attached hydrogens (tertiary/aromatic N) is 4. The van der Waals surface area contributed by atoms with Gasteiger partial charge in [-0.15, -0.1) is 0 Å². The van der Waals surface area contributed by atoms with Crippen LogP contribution >= 0.6 is 0 Å². The van der Waals surface area contributed by atoms with Gasteiger partial charge in [-0.2, -0.15) is 5.26 Å². The fourth-order valence-corrected chi connectivity index (χ4v) is 5.57. The third-order valence-electron chi connectivity index (χ3n) is 6.97. The van der Waals surface area contributed by atoms with Crippen LogP contribution in [-0.2, 0) is 14.4 Å². The van der Waals surface area contributed by atoms with Crippen LogP contribution in [0.1, 0.15) is 63.6 Å². The van der Waals surface area contributed by atoms with E-state index in [0.29, 0.717) is 30.4 Å². The molecule has 0 saturated carbocycles. The molecule has 33 heavy (non-hydrogen) atoms. The van der Waals surface area contributed by atoms with E-state index in [2.05, 4.69) is 35.0 Å². The van der Waals surface area contributed by atoms with Gasteiger partial charge in [-0.25, -0.2) is 4.98 Å². The van der Waals surface area contributed by atoms with Gasteiger partial charge in [0.25, 0.3) is 6.47 Å². The van der Waals surface area contributed by atoms with E-state index in [-0.39, 0.29) is 36.3 Å². The van der Waals surface area contributed by atoms with Crippen molar-refractivity contribution in [2.24, 2.45) is 11.8 Å². The molecule has 1 aromatic heterocycles. The Morgan fingerprint density at radius 1 is 1.36 bits per heavy atom. The molecule has 0 aliphatic carbocycles. The van der Waals surface area contributed by atoms with E-state index in [0.717, 1.165) is 43.9 Å². The van der Waals surface area contributed by atoms with Crippen molar-refractivity contribution in [3.63, 3.8) is 0 Å². The zero-order valence-corrected chi connectivity index (χ0v) is 19.5. The first-order chi connectivity index (χ1) is 15.8. The molecule has 0 spiro atoms. The van der Waals surface area contributed by atoms with Crippen molar-refractivity contribution in [3.8, 4) is 6.07 Å². The SMILES string of the molecule is CC(=O)NC[C@H]1[C@H]2C[C@H](CN(c3nc(C(C)C)ccc3C#N)C2)[C@@H]2CCCC(=O)N21.O=CO. The van der Waals surface area contributed by atoms with Crippen molar-refractivity contribution in [1.29, 1.82) is 5.26 Å². The summed E-state index contributed by atoms with van der Waals surface area (Å²) in [5.74, 6) is 1.85. The number of aromatic nitrogens is 1. The lowest BCUT2D eigenvalue weighted by atomic mass is 9.72. The second-order valence-corrected chi connectivity index (χ2v) is 9.41. The topological polar surface area (TPSA) is 127 Å². The summed E-state index contributed by atoms with van der Waals surface area (Å²) in [5, 5.41) is 19.5. The van der Waals surface area contributed by atoms with Gasteiger partial charge in [-0.05, 0) is 49.1 Å². The Balaban J connectivity index is 0.000000968. The molecule has 2 bridgehead atoms. The molecule has 0 unspecified atom stereocenters. The van der Waals surface area contributed by atoms with Gasteiger partial charge in [0.15, 0.2) is 0 Å². The van der Waals surface area contributed by atoms with Crippen LogP contribution in [0.5, 0.6) is 0 Å². The summed E-state index contributed by atoms with van der Waals surface area (Å²) in [5.41, 5.74) is 1.60. The monoisotopic (exact) mass is 455 g/mol. The van der Waals surface area contributed by atoms with Crippen LogP contribution in [0.2, 0.25) is 0 Å². The van der Waals surface area contributed by atoms with E-state index in [4.69, 9.17) is 14.9 Å². The first kappa shape index (κ1) is 24.5. The summed E-state index contributed by atoms with van der Waals surface area (Å²) >= 11 is 0. The Labute approximate surface area is 194 Å². The Bertz CT molecular complexity index is 928. The summed E-state index contributed by atoms with van der Waals surface area (Å²) in [6.07, 6.45) is 3.60. The fraction of sp³-hybridized carbons (Fsp3) is 0.625. The molecule has 3 saturated heterocycles. The molecule has 4 atom stereocenters. The van der Waals surface area contributed by atoms with Crippen LogP contribution in [0.4, 0.5) is 5.82 Å². The maximum atomic E-state index is 12.8. The maximum Gasteiger partial charge on any atom is 0.290 e. The highest BCUT2D eigenvalue weighted by molar-refractivity contribution is 5.78. The van der Waals surface area contributed by atoms with Crippen LogP contribution in [0, 0.1) is 23.2 Å². The number of fused-ring (bicyclic) bond motifs is 4. The van der Waals surface area contributed by atoms with Gasteiger partial charge in [0.2, 0.25) is 11.8 Å².